The van der Waals surface area contributed by atoms with Gasteiger partial charge in [0.2, 0.25) is 5.91 Å². The molecule has 5 nitrogen and oxygen atoms in total. The first-order valence-corrected chi connectivity index (χ1v) is 10.1. The van der Waals surface area contributed by atoms with Crippen LogP contribution in [0.3, 0.4) is 0 Å². The van der Waals surface area contributed by atoms with E-state index in [9.17, 15) is 4.79 Å². The largest absolute Gasteiger partial charge is 0.376 e. The fraction of sp³-hybridized carbons (Fsp3) is 0.435. The van der Waals surface area contributed by atoms with Gasteiger partial charge in [-0.05, 0) is 50.7 Å². The highest BCUT2D eigenvalue weighted by molar-refractivity contribution is 5.81. The summed E-state index contributed by atoms with van der Waals surface area (Å²) >= 11 is 0. The first-order chi connectivity index (χ1) is 13.5. The molecule has 0 spiro atoms. The molecule has 0 radical (unpaired) electrons. The van der Waals surface area contributed by atoms with Crippen LogP contribution in [-0.4, -0.2) is 61.5 Å². The van der Waals surface area contributed by atoms with E-state index in [1.165, 1.54) is 5.69 Å². The Morgan fingerprint density at radius 1 is 1.00 bits per heavy atom. The molecule has 5 heteroatoms. The van der Waals surface area contributed by atoms with Crippen LogP contribution in [0.1, 0.15) is 19.4 Å². The topological polar surface area (TPSA) is 38.8 Å². The molecule has 150 valence electrons. The van der Waals surface area contributed by atoms with Crippen molar-refractivity contribution >= 4 is 17.3 Å². The molecule has 0 bridgehead atoms. The first-order valence-electron chi connectivity index (χ1n) is 10.1. The van der Waals surface area contributed by atoms with Crippen molar-refractivity contribution in [2.45, 2.75) is 26.4 Å². The molecule has 0 unspecified atom stereocenters. The standard InChI is InChI=1S/C23H32N4O/c1-19(2)27(18-20-7-5-4-6-8-20)23(28)17-24-21-9-11-22(12-10-21)26-15-13-25(3)14-16-26/h4-12,19,24H,13-18H2,1-3H3. The fourth-order valence-electron chi connectivity index (χ4n) is 3.47. The van der Waals surface area contributed by atoms with Crippen molar-refractivity contribution in [3.63, 3.8) is 0 Å². The Morgan fingerprint density at radius 2 is 1.64 bits per heavy atom. The molecule has 1 aliphatic rings. The van der Waals surface area contributed by atoms with Crippen molar-refractivity contribution in [2.24, 2.45) is 0 Å². The second kappa shape index (κ2) is 9.60. The van der Waals surface area contributed by atoms with E-state index >= 15 is 0 Å². The molecule has 1 heterocycles. The Labute approximate surface area is 168 Å². The lowest BCUT2D eigenvalue weighted by molar-refractivity contribution is -0.131. The maximum absolute atomic E-state index is 12.8. The summed E-state index contributed by atoms with van der Waals surface area (Å²) in [5.41, 5.74) is 3.38. The minimum absolute atomic E-state index is 0.113. The number of nitrogens with zero attached hydrogens (tertiary/aromatic N) is 3. The number of anilines is 2. The Balaban J connectivity index is 1.54. The highest BCUT2D eigenvalue weighted by Gasteiger charge is 2.17. The van der Waals surface area contributed by atoms with Gasteiger partial charge < -0.3 is 20.0 Å². The zero-order chi connectivity index (χ0) is 19.9. The monoisotopic (exact) mass is 380 g/mol. The molecule has 0 saturated carbocycles. The van der Waals surface area contributed by atoms with E-state index in [1.807, 2.05) is 23.1 Å². The molecule has 28 heavy (non-hydrogen) atoms. The SMILES string of the molecule is CC(C)N(Cc1ccccc1)C(=O)CNc1ccc(N2CCN(C)CC2)cc1. The van der Waals surface area contributed by atoms with Gasteiger partial charge in [-0.15, -0.1) is 0 Å². The van der Waals surface area contributed by atoms with Gasteiger partial charge >= 0.3 is 0 Å². The molecule has 1 aliphatic heterocycles. The minimum Gasteiger partial charge on any atom is -0.376 e. The number of amides is 1. The second-order valence-electron chi connectivity index (χ2n) is 7.79. The van der Waals surface area contributed by atoms with E-state index in [0.717, 1.165) is 37.4 Å². The quantitative estimate of drug-likeness (QED) is 0.800. The third kappa shape index (κ3) is 5.49. The van der Waals surface area contributed by atoms with Gasteiger partial charge in [-0.1, -0.05) is 30.3 Å². The number of carbonyl (C=O) groups excluding carboxylic acids is 1. The zero-order valence-corrected chi connectivity index (χ0v) is 17.3. The molecule has 2 aromatic rings. The Kier molecular flexibility index (Phi) is 6.93. The molecule has 1 saturated heterocycles. The summed E-state index contributed by atoms with van der Waals surface area (Å²) in [6.07, 6.45) is 0. The minimum atomic E-state index is 0.113. The number of nitrogens with one attached hydrogen (secondary N) is 1. The maximum atomic E-state index is 12.8. The summed E-state index contributed by atoms with van der Waals surface area (Å²) in [6, 6.07) is 18.7. The number of carbonyl (C=O) groups is 1. The van der Waals surface area contributed by atoms with Gasteiger partial charge in [0.25, 0.3) is 0 Å². The molecule has 3 rings (SSSR count). The van der Waals surface area contributed by atoms with Gasteiger partial charge in [-0.25, -0.2) is 0 Å². The first kappa shape index (κ1) is 20.2. The molecule has 1 fully saturated rings. The lowest BCUT2D eigenvalue weighted by Gasteiger charge is -2.34. The van der Waals surface area contributed by atoms with E-state index in [2.05, 4.69) is 72.4 Å². The predicted molar refractivity (Wildman–Crippen MR) is 117 cm³/mol. The van der Waals surface area contributed by atoms with Crippen LogP contribution in [0.4, 0.5) is 11.4 Å². The lowest BCUT2D eigenvalue weighted by Crippen LogP contribution is -2.44. The van der Waals surface area contributed by atoms with E-state index in [4.69, 9.17) is 0 Å². The smallest absolute Gasteiger partial charge is 0.242 e. The molecular weight excluding hydrogens is 348 g/mol. The van der Waals surface area contributed by atoms with Crippen LogP contribution in [0.15, 0.2) is 54.6 Å². The molecule has 0 aliphatic carbocycles. The molecule has 0 aromatic heterocycles. The van der Waals surface area contributed by atoms with Crippen molar-refractivity contribution in [3.05, 3.63) is 60.2 Å². The third-order valence-corrected chi connectivity index (χ3v) is 5.32. The normalized spacial score (nSPS) is 14.9. The Morgan fingerprint density at radius 3 is 2.25 bits per heavy atom. The molecule has 1 N–H and O–H groups in total. The van der Waals surface area contributed by atoms with Gasteiger partial charge in [-0.3, -0.25) is 4.79 Å². The van der Waals surface area contributed by atoms with Crippen molar-refractivity contribution in [1.29, 1.82) is 0 Å². The summed E-state index contributed by atoms with van der Waals surface area (Å²) in [7, 11) is 2.17. The van der Waals surface area contributed by atoms with Crippen LogP contribution >= 0.6 is 0 Å². The van der Waals surface area contributed by atoms with Crippen LogP contribution in [0.2, 0.25) is 0 Å². The van der Waals surface area contributed by atoms with Crippen LogP contribution in [0.5, 0.6) is 0 Å². The Hall–Kier alpha value is -2.53. The average molecular weight is 381 g/mol. The molecule has 1 amide bonds. The number of hydrogen-bond acceptors (Lipinski definition) is 4. The van der Waals surface area contributed by atoms with Crippen LogP contribution in [0, 0.1) is 0 Å². The summed E-state index contributed by atoms with van der Waals surface area (Å²) in [5.74, 6) is 0.113. The maximum Gasteiger partial charge on any atom is 0.242 e. The molecular formula is C23H32N4O. The predicted octanol–water partition coefficient (Wildman–Crippen LogP) is 3.29. The average Bonchev–Trinajstić information content (AvgIpc) is 2.72. The van der Waals surface area contributed by atoms with Gasteiger partial charge in [0.1, 0.15) is 0 Å². The van der Waals surface area contributed by atoms with E-state index in [1.54, 1.807) is 0 Å². The highest BCUT2D eigenvalue weighted by atomic mass is 16.2. The van der Waals surface area contributed by atoms with E-state index in [0.29, 0.717) is 13.1 Å². The number of rotatable bonds is 7. The van der Waals surface area contributed by atoms with Crippen LogP contribution < -0.4 is 10.2 Å². The number of likely N-dealkylation sites (N-methyl/N-ethyl adjacent to an activating group) is 1. The lowest BCUT2D eigenvalue weighted by atomic mass is 10.2. The summed E-state index contributed by atoms with van der Waals surface area (Å²) in [4.78, 5) is 19.4. The van der Waals surface area contributed by atoms with Gasteiger partial charge in [0.05, 0.1) is 6.54 Å². The summed E-state index contributed by atoms with van der Waals surface area (Å²) < 4.78 is 0. The van der Waals surface area contributed by atoms with Crippen LogP contribution in [0.25, 0.3) is 0 Å². The second-order valence-corrected chi connectivity index (χ2v) is 7.79. The van der Waals surface area contributed by atoms with Crippen LogP contribution in [-0.2, 0) is 11.3 Å². The molecule has 0 atom stereocenters. The summed E-state index contributed by atoms with van der Waals surface area (Å²) in [5, 5.41) is 3.28. The number of piperazine rings is 1. The van der Waals surface area contributed by atoms with E-state index < -0.39 is 0 Å². The van der Waals surface area contributed by atoms with E-state index in [-0.39, 0.29) is 11.9 Å². The zero-order valence-electron chi connectivity index (χ0n) is 17.3. The van der Waals surface area contributed by atoms with Gasteiger partial charge in [-0.2, -0.15) is 0 Å². The fourth-order valence-corrected chi connectivity index (χ4v) is 3.47. The van der Waals surface area contributed by atoms with Crippen molar-refractivity contribution in [1.82, 2.24) is 9.80 Å². The summed E-state index contributed by atoms with van der Waals surface area (Å²) in [6.45, 7) is 9.38. The third-order valence-electron chi connectivity index (χ3n) is 5.32. The van der Waals surface area contributed by atoms with Crippen molar-refractivity contribution in [3.8, 4) is 0 Å². The van der Waals surface area contributed by atoms with Crippen molar-refractivity contribution in [2.75, 3.05) is 50.0 Å². The van der Waals surface area contributed by atoms with Gasteiger partial charge in [0.15, 0.2) is 0 Å². The number of benzene rings is 2. The van der Waals surface area contributed by atoms with Crippen molar-refractivity contribution < 1.29 is 4.79 Å². The Bertz CT molecular complexity index is 737. The highest BCUT2D eigenvalue weighted by Crippen LogP contribution is 2.19. The molecule has 2 aromatic carbocycles. The number of hydrogen-bond donors (Lipinski definition) is 1. The van der Waals surface area contributed by atoms with Gasteiger partial charge in [0, 0.05) is 50.1 Å².